The van der Waals surface area contributed by atoms with Crippen molar-refractivity contribution in [1.29, 1.82) is 0 Å². The van der Waals surface area contributed by atoms with Crippen LogP contribution in [0, 0.1) is 11.8 Å². The van der Waals surface area contributed by atoms with Gasteiger partial charge in [0.15, 0.2) is 0 Å². The number of nitrogens with one attached hydrogen (secondary N) is 2. The molecular weight excluding hydrogens is 404 g/mol. The third kappa shape index (κ3) is 4.96. The fraction of sp³-hybridized carbons (Fsp3) is 0.333. The minimum atomic E-state index is -0.686. The Hall–Kier alpha value is -3.38. The van der Waals surface area contributed by atoms with Gasteiger partial charge in [0.05, 0.1) is 18.7 Å². The summed E-state index contributed by atoms with van der Waals surface area (Å²) < 4.78 is 5.19. The number of urea groups is 1. The van der Waals surface area contributed by atoms with E-state index >= 15 is 0 Å². The van der Waals surface area contributed by atoms with Gasteiger partial charge in [-0.3, -0.25) is 14.9 Å². The molecule has 2 aromatic rings. The molecular formula is C21H22N4O4S. The van der Waals surface area contributed by atoms with Crippen molar-refractivity contribution >= 4 is 29.7 Å². The first-order valence-corrected chi connectivity index (χ1v) is 10.2. The van der Waals surface area contributed by atoms with Gasteiger partial charge in [-0.25, -0.2) is 9.78 Å². The SMILES string of the molecule is COc1ccc2c(c1)C(=O)N(C[C@@H](C#Cc1csc(C(C)C)n1)NC(=O)NC=O)C2. The average Bonchev–Trinajstić information content (AvgIpc) is 3.31. The molecule has 0 unspecified atom stereocenters. The van der Waals surface area contributed by atoms with Crippen LogP contribution in [0.15, 0.2) is 23.6 Å². The quantitative estimate of drug-likeness (QED) is 0.544. The van der Waals surface area contributed by atoms with Crippen LogP contribution in [0.25, 0.3) is 0 Å². The van der Waals surface area contributed by atoms with Gasteiger partial charge in [0.2, 0.25) is 6.41 Å². The molecule has 1 aliphatic rings. The summed E-state index contributed by atoms with van der Waals surface area (Å²) in [6, 6.07) is 3.98. The first-order valence-electron chi connectivity index (χ1n) is 9.35. The van der Waals surface area contributed by atoms with Crippen molar-refractivity contribution in [2.24, 2.45) is 0 Å². The lowest BCUT2D eigenvalue weighted by atomic mass is 10.1. The number of nitrogens with zero attached hydrogens (tertiary/aromatic N) is 2. The van der Waals surface area contributed by atoms with Gasteiger partial charge < -0.3 is 15.0 Å². The van der Waals surface area contributed by atoms with Crippen LogP contribution in [-0.4, -0.2) is 47.9 Å². The van der Waals surface area contributed by atoms with E-state index in [0.717, 1.165) is 10.6 Å². The molecule has 156 valence electrons. The molecule has 1 aromatic carbocycles. The number of hydrogen-bond donors (Lipinski definition) is 2. The minimum Gasteiger partial charge on any atom is -0.497 e. The summed E-state index contributed by atoms with van der Waals surface area (Å²) >= 11 is 1.52. The lowest BCUT2D eigenvalue weighted by molar-refractivity contribution is -0.108. The first kappa shape index (κ1) is 21.3. The molecule has 0 radical (unpaired) electrons. The van der Waals surface area contributed by atoms with Crippen LogP contribution in [0.4, 0.5) is 4.79 Å². The van der Waals surface area contributed by atoms with E-state index in [4.69, 9.17) is 4.74 Å². The minimum absolute atomic E-state index is 0.163. The van der Waals surface area contributed by atoms with Crippen molar-refractivity contribution in [1.82, 2.24) is 20.5 Å². The van der Waals surface area contributed by atoms with Crippen molar-refractivity contribution in [3.63, 3.8) is 0 Å². The van der Waals surface area contributed by atoms with Gasteiger partial charge in [-0.15, -0.1) is 11.3 Å². The third-order valence-electron chi connectivity index (χ3n) is 4.48. The second-order valence-electron chi connectivity index (χ2n) is 6.99. The third-order valence-corrected chi connectivity index (χ3v) is 5.63. The first-order chi connectivity index (χ1) is 14.4. The van der Waals surface area contributed by atoms with Gasteiger partial charge >= 0.3 is 6.03 Å². The number of ether oxygens (including phenoxy) is 1. The Morgan fingerprint density at radius 2 is 2.23 bits per heavy atom. The van der Waals surface area contributed by atoms with E-state index in [1.54, 1.807) is 24.1 Å². The van der Waals surface area contributed by atoms with Crippen LogP contribution in [0.3, 0.4) is 0 Å². The molecule has 1 aromatic heterocycles. The molecule has 3 rings (SSSR count). The van der Waals surface area contributed by atoms with Gasteiger partial charge in [0.25, 0.3) is 5.91 Å². The van der Waals surface area contributed by atoms with Crippen molar-refractivity contribution in [3.05, 3.63) is 45.4 Å². The van der Waals surface area contributed by atoms with Crippen molar-refractivity contribution in [2.75, 3.05) is 13.7 Å². The molecule has 8 nitrogen and oxygen atoms in total. The maximum Gasteiger partial charge on any atom is 0.322 e. The fourth-order valence-electron chi connectivity index (χ4n) is 2.99. The van der Waals surface area contributed by atoms with Crippen LogP contribution in [0.5, 0.6) is 5.75 Å². The summed E-state index contributed by atoms with van der Waals surface area (Å²) in [5, 5.41) is 7.48. The number of carbonyl (C=O) groups excluding carboxylic acids is 3. The predicted molar refractivity (Wildman–Crippen MR) is 112 cm³/mol. The Kier molecular flexibility index (Phi) is 6.69. The molecule has 0 aliphatic carbocycles. The lowest BCUT2D eigenvalue weighted by Crippen LogP contribution is -2.46. The summed E-state index contributed by atoms with van der Waals surface area (Å²) in [6.07, 6.45) is 0.290. The topological polar surface area (TPSA) is 101 Å². The van der Waals surface area contributed by atoms with Gasteiger partial charge in [-0.05, 0) is 23.6 Å². The van der Waals surface area contributed by atoms with E-state index in [1.165, 1.54) is 11.3 Å². The number of thiazole rings is 1. The standard InChI is InChI=1S/C21H22N4O4S/c1-13(2)19-23-16(11-30-19)6-5-15(24-21(28)22-12-26)10-25-9-14-4-7-17(29-3)8-18(14)20(25)27/h4,7-8,11-13,15H,9-10H2,1-3H3,(H2,22,24,26,28)/t15-/m1/s1. The average molecular weight is 426 g/mol. The monoisotopic (exact) mass is 426 g/mol. The summed E-state index contributed by atoms with van der Waals surface area (Å²) in [4.78, 5) is 41.3. The summed E-state index contributed by atoms with van der Waals surface area (Å²) in [5.74, 6) is 6.66. The molecule has 1 aliphatic heterocycles. The zero-order valence-corrected chi connectivity index (χ0v) is 17.7. The van der Waals surface area contributed by atoms with Crippen LogP contribution in [0.2, 0.25) is 0 Å². The van der Waals surface area contributed by atoms with Crippen molar-refractivity contribution in [2.45, 2.75) is 32.4 Å². The van der Waals surface area contributed by atoms with Gasteiger partial charge in [-0.2, -0.15) is 0 Å². The highest BCUT2D eigenvalue weighted by Gasteiger charge is 2.29. The van der Waals surface area contributed by atoms with Gasteiger partial charge in [-0.1, -0.05) is 25.8 Å². The molecule has 1 atom stereocenters. The predicted octanol–water partition coefficient (Wildman–Crippen LogP) is 2.11. The second-order valence-corrected chi connectivity index (χ2v) is 7.88. The Morgan fingerprint density at radius 3 is 2.90 bits per heavy atom. The second kappa shape index (κ2) is 9.41. The van der Waals surface area contributed by atoms with Crippen LogP contribution >= 0.6 is 11.3 Å². The van der Waals surface area contributed by atoms with E-state index in [-0.39, 0.29) is 18.9 Å². The smallest absolute Gasteiger partial charge is 0.322 e. The number of fused-ring (bicyclic) bond motifs is 1. The normalized spacial score (nSPS) is 13.3. The number of imide groups is 1. The van der Waals surface area contributed by atoms with Gasteiger partial charge in [0, 0.05) is 23.4 Å². The van der Waals surface area contributed by atoms with Crippen LogP contribution in [-0.2, 0) is 11.3 Å². The highest BCUT2D eigenvalue weighted by atomic mass is 32.1. The fourth-order valence-corrected chi connectivity index (χ4v) is 3.75. The Labute approximate surface area is 178 Å². The highest BCUT2D eigenvalue weighted by molar-refractivity contribution is 7.09. The Morgan fingerprint density at radius 1 is 1.43 bits per heavy atom. The molecule has 2 heterocycles. The number of rotatable bonds is 6. The molecule has 9 heteroatoms. The zero-order chi connectivity index (χ0) is 21.7. The molecule has 0 fully saturated rings. The summed E-state index contributed by atoms with van der Waals surface area (Å²) in [6.45, 7) is 4.67. The number of carbonyl (C=O) groups is 3. The Balaban J connectivity index is 1.77. The van der Waals surface area contributed by atoms with E-state index in [1.807, 2.05) is 16.8 Å². The van der Waals surface area contributed by atoms with Crippen LogP contribution in [0.1, 0.15) is 46.4 Å². The largest absolute Gasteiger partial charge is 0.497 e. The summed E-state index contributed by atoms with van der Waals surface area (Å²) in [5.41, 5.74) is 2.05. The van der Waals surface area contributed by atoms with E-state index < -0.39 is 12.1 Å². The highest BCUT2D eigenvalue weighted by Crippen LogP contribution is 2.26. The van der Waals surface area contributed by atoms with Gasteiger partial charge in [0.1, 0.15) is 17.5 Å². The number of hydrogen-bond acceptors (Lipinski definition) is 6. The van der Waals surface area contributed by atoms with Crippen molar-refractivity contribution < 1.29 is 19.1 Å². The maximum absolute atomic E-state index is 12.8. The number of benzene rings is 1. The lowest BCUT2D eigenvalue weighted by Gasteiger charge is -2.20. The van der Waals surface area contributed by atoms with E-state index in [0.29, 0.717) is 29.5 Å². The maximum atomic E-state index is 12.8. The molecule has 0 saturated heterocycles. The summed E-state index contributed by atoms with van der Waals surface area (Å²) in [7, 11) is 1.54. The Bertz CT molecular complexity index is 1020. The molecule has 30 heavy (non-hydrogen) atoms. The van der Waals surface area contributed by atoms with E-state index in [9.17, 15) is 14.4 Å². The number of methoxy groups -OCH3 is 1. The molecule has 0 saturated carbocycles. The molecule has 0 bridgehead atoms. The van der Waals surface area contributed by atoms with E-state index in [2.05, 4.69) is 36.0 Å². The number of aromatic nitrogens is 1. The number of amides is 4. The molecule has 0 spiro atoms. The van der Waals surface area contributed by atoms with Crippen molar-refractivity contribution in [3.8, 4) is 17.6 Å². The van der Waals surface area contributed by atoms with Crippen LogP contribution < -0.4 is 15.4 Å². The molecule has 4 amide bonds. The zero-order valence-electron chi connectivity index (χ0n) is 16.9. The molecule has 2 N–H and O–H groups in total.